The lowest BCUT2D eigenvalue weighted by atomic mass is 10.1. The van der Waals surface area contributed by atoms with Gasteiger partial charge in [0.1, 0.15) is 0 Å². The first kappa shape index (κ1) is 23.2. The maximum Gasteiger partial charge on any atom is 0.261 e. The number of hydrogen-bond donors (Lipinski definition) is 1. The van der Waals surface area contributed by atoms with E-state index in [1.807, 2.05) is 14.0 Å². The highest BCUT2D eigenvalue weighted by Gasteiger charge is 2.07. The van der Waals surface area contributed by atoms with Crippen LogP contribution >= 0.6 is 10.7 Å². The number of hydrogen-bond acceptors (Lipinski definition) is 4. The van der Waals surface area contributed by atoms with Gasteiger partial charge in [-0.2, -0.15) is 0 Å². The lowest BCUT2D eigenvalue weighted by Gasteiger charge is -2.12. The van der Waals surface area contributed by atoms with Crippen LogP contribution in [0.15, 0.2) is 59.5 Å². The Morgan fingerprint density at radius 3 is 2.30 bits per heavy atom. The van der Waals surface area contributed by atoms with Crippen molar-refractivity contribution in [1.82, 2.24) is 5.32 Å². The topological polar surface area (TPSA) is 49.4 Å². The molecule has 27 heavy (non-hydrogen) atoms. The molecule has 2 aromatic carbocycles. The van der Waals surface area contributed by atoms with Gasteiger partial charge >= 0.3 is 0 Å². The summed E-state index contributed by atoms with van der Waals surface area (Å²) in [6, 6.07) is 15.5. The van der Waals surface area contributed by atoms with E-state index < -0.39 is 9.05 Å². The highest BCUT2D eigenvalue weighted by atomic mass is 35.7. The standard InChI is InChI=1S/C14H22N2.C7H7ClO2S/c1-12(15-2)7-5-8-13-9-6-10-14(11-13)16(3)4;1-6-2-4-7(5-3-6)11(8,9)10/h5-6,8-12,15H,7H2,1-4H3;2-5H,1H3. The first-order valence-corrected chi connectivity index (χ1v) is 11.1. The molecule has 1 N–H and O–H groups in total. The zero-order chi connectivity index (χ0) is 20.4. The normalized spacial score (nSPS) is 12.4. The van der Waals surface area contributed by atoms with Gasteiger partial charge in [-0.1, -0.05) is 42.0 Å². The minimum Gasteiger partial charge on any atom is -0.378 e. The van der Waals surface area contributed by atoms with Crippen LogP contribution in [0.3, 0.4) is 0 Å². The monoisotopic (exact) mass is 408 g/mol. The van der Waals surface area contributed by atoms with Crippen LogP contribution in [-0.4, -0.2) is 35.6 Å². The molecular formula is C21H29ClN2O2S. The summed E-state index contributed by atoms with van der Waals surface area (Å²) in [5.41, 5.74) is 3.51. The Morgan fingerprint density at radius 1 is 1.15 bits per heavy atom. The molecule has 4 nitrogen and oxygen atoms in total. The van der Waals surface area contributed by atoms with Gasteiger partial charge in [0, 0.05) is 36.5 Å². The zero-order valence-electron chi connectivity index (χ0n) is 16.6. The lowest BCUT2D eigenvalue weighted by Crippen LogP contribution is -2.19. The van der Waals surface area contributed by atoms with Gasteiger partial charge in [0.05, 0.1) is 4.90 Å². The van der Waals surface area contributed by atoms with Gasteiger partial charge in [-0.05, 0) is 57.1 Å². The predicted molar refractivity (Wildman–Crippen MR) is 117 cm³/mol. The average molecular weight is 409 g/mol. The van der Waals surface area contributed by atoms with Gasteiger partial charge in [-0.25, -0.2) is 8.42 Å². The molecule has 0 aliphatic carbocycles. The summed E-state index contributed by atoms with van der Waals surface area (Å²) >= 11 is 0. The molecule has 0 aromatic heterocycles. The molecule has 0 spiro atoms. The zero-order valence-corrected chi connectivity index (χ0v) is 18.2. The number of nitrogens with zero attached hydrogens (tertiary/aromatic N) is 1. The Hall–Kier alpha value is -1.82. The first-order chi connectivity index (χ1) is 12.6. The van der Waals surface area contributed by atoms with Gasteiger partial charge in [-0.15, -0.1) is 0 Å². The molecule has 0 amide bonds. The van der Waals surface area contributed by atoms with Crippen molar-refractivity contribution in [3.8, 4) is 0 Å². The minimum atomic E-state index is -3.55. The third kappa shape index (κ3) is 9.09. The van der Waals surface area contributed by atoms with Crippen molar-refractivity contribution in [3.63, 3.8) is 0 Å². The first-order valence-electron chi connectivity index (χ1n) is 8.76. The Morgan fingerprint density at radius 2 is 1.78 bits per heavy atom. The average Bonchev–Trinajstić information content (AvgIpc) is 2.62. The van der Waals surface area contributed by atoms with E-state index in [-0.39, 0.29) is 4.90 Å². The van der Waals surface area contributed by atoms with Gasteiger partial charge in [0.25, 0.3) is 9.05 Å². The molecule has 0 bridgehead atoms. The molecule has 0 aliphatic rings. The Balaban J connectivity index is 0.000000289. The van der Waals surface area contributed by atoms with Gasteiger partial charge in [0.2, 0.25) is 0 Å². The van der Waals surface area contributed by atoms with Crippen molar-refractivity contribution < 1.29 is 8.42 Å². The number of nitrogens with one attached hydrogen (secondary N) is 1. The fraction of sp³-hybridized carbons (Fsp3) is 0.333. The molecule has 0 saturated carbocycles. The Labute approximate surface area is 168 Å². The van der Waals surface area contributed by atoms with E-state index >= 15 is 0 Å². The molecule has 0 aliphatic heterocycles. The largest absolute Gasteiger partial charge is 0.378 e. The van der Waals surface area contributed by atoms with Crippen molar-refractivity contribution in [1.29, 1.82) is 0 Å². The van der Waals surface area contributed by atoms with Crippen LogP contribution in [-0.2, 0) is 9.05 Å². The third-order valence-electron chi connectivity index (χ3n) is 3.98. The summed E-state index contributed by atoms with van der Waals surface area (Å²) in [5.74, 6) is 0. The molecule has 0 saturated heterocycles. The van der Waals surface area contributed by atoms with Crippen molar-refractivity contribution in [2.75, 3.05) is 26.0 Å². The van der Waals surface area contributed by atoms with Crippen molar-refractivity contribution >= 4 is 31.5 Å². The van der Waals surface area contributed by atoms with E-state index in [0.29, 0.717) is 6.04 Å². The molecule has 1 unspecified atom stereocenters. The quantitative estimate of drug-likeness (QED) is 0.704. The lowest BCUT2D eigenvalue weighted by molar-refractivity contribution is 0.609. The number of rotatable bonds is 6. The molecular weight excluding hydrogens is 380 g/mol. The SMILES string of the molecule is CNC(C)CC=Cc1cccc(N(C)C)c1.Cc1ccc(S(=O)(=O)Cl)cc1. The highest BCUT2D eigenvalue weighted by molar-refractivity contribution is 8.13. The van der Waals surface area contributed by atoms with Gasteiger partial charge < -0.3 is 10.2 Å². The maximum atomic E-state index is 10.7. The van der Waals surface area contributed by atoms with Crippen molar-refractivity contribution in [2.45, 2.75) is 31.2 Å². The van der Waals surface area contributed by atoms with Crippen LogP contribution in [0.1, 0.15) is 24.5 Å². The van der Waals surface area contributed by atoms with Crippen molar-refractivity contribution in [2.24, 2.45) is 0 Å². The second kappa shape index (κ2) is 11.1. The third-order valence-corrected chi connectivity index (χ3v) is 5.35. The van der Waals surface area contributed by atoms with Crippen LogP contribution in [0, 0.1) is 6.92 Å². The summed E-state index contributed by atoms with van der Waals surface area (Å²) in [6.07, 6.45) is 5.46. The van der Waals surface area contributed by atoms with E-state index in [0.717, 1.165) is 12.0 Å². The highest BCUT2D eigenvalue weighted by Crippen LogP contribution is 2.15. The second-order valence-electron chi connectivity index (χ2n) is 6.57. The number of aryl methyl sites for hydroxylation is 1. The van der Waals surface area contributed by atoms with E-state index in [2.05, 4.69) is 67.7 Å². The van der Waals surface area contributed by atoms with Gasteiger partial charge in [-0.3, -0.25) is 0 Å². The number of anilines is 1. The fourth-order valence-electron chi connectivity index (χ4n) is 2.13. The van der Waals surface area contributed by atoms with Crippen LogP contribution in [0.25, 0.3) is 6.08 Å². The van der Waals surface area contributed by atoms with Crippen LogP contribution in [0.2, 0.25) is 0 Å². The number of halogens is 1. The molecule has 0 fully saturated rings. The Bertz CT molecular complexity index is 832. The Kier molecular flexibility index (Phi) is 9.56. The molecule has 1 atom stereocenters. The van der Waals surface area contributed by atoms with E-state index in [9.17, 15) is 8.42 Å². The van der Waals surface area contributed by atoms with E-state index in [1.165, 1.54) is 23.4 Å². The predicted octanol–water partition coefficient (Wildman–Crippen LogP) is 4.69. The molecule has 0 heterocycles. The summed E-state index contributed by atoms with van der Waals surface area (Å²) in [7, 11) is 7.65. The smallest absolute Gasteiger partial charge is 0.261 e. The molecule has 2 rings (SSSR count). The summed E-state index contributed by atoms with van der Waals surface area (Å²) in [4.78, 5) is 2.26. The summed E-state index contributed by atoms with van der Waals surface area (Å²) in [5, 5.41) is 3.22. The van der Waals surface area contributed by atoms with E-state index in [4.69, 9.17) is 10.7 Å². The number of benzene rings is 2. The summed E-state index contributed by atoms with van der Waals surface area (Å²) < 4.78 is 21.4. The van der Waals surface area contributed by atoms with Gasteiger partial charge in [0.15, 0.2) is 0 Å². The van der Waals surface area contributed by atoms with E-state index in [1.54, 1.807) is 12.1 Å². The molecule has 148 valence electrons. The molecule has 0 radical (unpaired) electrons. The maximum absolute atomic E-state index is 10.7. The van der Waals surface area contributed by atoms with Crippen LogP contribution < -0.4 is 10.2 Å². The van der Waals surface area contributed by atoms with Crippen molar-refractivity contribution in [3.05, 3.63) is 65.7 Å². The summed E-state index contributed by atoms with van der Waals surface area (Å²) in [6.45, 7) is 4.06. The second-order valence-corrected chi connectivity index (χ2v) is 9.13. The fourth-order valence-corrected chi connectivity index (χ4v) is 2.90. The minimum absolute atomic E-state index is 0.143. The van der Waals surface area contributed by atoms with Crippen LogP contribution in [0.5, 0.6) is 0 Å². The molecule has 2 aromatic rings. The van der Waals surface area contributed by atoms with Crippen LogP contribution in [0.4, 0.5) is 5.69 Å². The molecule has 6 heteroatoms.